The molecule has 0 fully saturated rings. The molecular weight excluding hydrogens is 856 g/mol. The summed E-state index contributed by atoms with van der Waals surface area (Å²) in [6.07, 6.45) is 24.7. The average molecular weight is 943 g/mol. The maximum atomic E-state index is 12.9. The maximum Gasteiger partial charge on any atom is 0.144 e. The van der Waals surface area contributed by atoms with Crippen molar-refractivity contribution >= 4 is 0 Å². The van der Waals surface area contributed by atoms with Crippen LogP contribution in [0.2, 0.25) is 0 Å². The Balaban J connectivity index is 0.000000403. The van der Waals surface area contributed by atoms with Crippen molar-refractivity contribution in [2.45, 2.75) is 180 Å². The van der Waals surface area contributed by atoms with Crippen molar-refractivity contribution in [2.24, 2.45) is 7.05 Å². The van der Waals surface area contributed by atoms with Crippen LogP contribution in [0, 0.1) is 47.4 Å². The van der Waals surface area contributed by atoms with Crippen molar-refractivity contribution < 1.29 is 4.39 Å². The number of aryl methyl sites for hydroxylation is 7. The van der Waals surface area contributed by atoms with Crippen molar-refractivity contribution in [3.63, 3.8) is 0 Å². The normalized spacial score (nSPS) is 10.5. The zero-order valence-electron chi connectivity index (χ0n) is 46.2. The fraction of sp³-hybridized carbons (Fsp3) is 0.483. The van der Waals surface area contributed by atoms with E-state index in [2.05, 4.69) is 167 Å². The maximum absolute atomic E-state index is 12.9. The molecule has 0 radical (unpaired) electrons. The van der Waals surface area contributed by atoms with Gasteiger partial charge in [-0.1, -0.05) is 101 Å². The van der Waals surface area contributed by atoms with Gasteiger partial charge in [0.25, 0.3) is 0 Å². The Morgan fingerprint density at radius 2 is 0.797 bits per heavy atom. The van der Waals surface area contributed by atoms with E-state index in [9.17, 15) is 4.39 Å². The number of hydrogen-bond acceptors (Lipinski definition) is 8. The van der Waals surface area contributed by atoms with Gasteiger partial charge in [-0.3, -0.25) is 24.6 Å². The van der Waals surface area contributed by atoms with E-state index in [4.69, 9.17) is 0 Å². The minimum Gasteiger partial charge on any atom is -0.333 e. The molecule has 69 heavy (non-hydrogen) atoms. The first-order valence-corrected chi connectivity index (χ1v) is 24.5. The lowest BCUT2D eigenvalue weighted by Gasteiger charge is -2.07. The number of rotatable bonds is 7. The largest absolute Gasteiger partial charge is 0.333 e. The van der Waals surface area contributed by atoms with Crippen LogP contribution in [0.1, 0.15) is 206 Å². The van der Waals surface area contributed by atoms with Gasteiger partial charge >= 0.3 is 0 Å². The molecule has 0 aliphatic rings. The first-order valence-electron chi connectivity index (χ1n) is 24.5. The molecule has 7 rings (SSSR count). The summed E-state index contributed by atoms with van der Waals surface area (Å²) in [5.74, 6) is 4.95. The molecule has 0 saturated carbocycles. The molecule has 0 unspecified atom stereocenters. The second-order valence-electron chi connectivity index (χ2n) is 19.6. The van der Waals surface area contributed by atoms with Gasteiger partial charge in [-0.15, -0.1) is 0 Å². The Morgan fingerprint density at radius 1 is 0.420 bits per heavy atom. The molecule has 7 aromatic rings. The fourth-order valence-electron chi connectivity index (χ4n) is 5.89. The van der Waals surface area contributed by atoms with Gasteiger partial charge in [-0.05, 0) is 147 Å². The average Bonchev–Trinajstić information content (AvgIpc) is 3.94. The van der Waals surface area contributed by atoms with Crippen molar-refractivity contribution in [1.82, 2.24) is 49.2 Å². The van der Waals surface area contributed by atoms with Crippen LogP contribution in [0.15, 0.2) is 105 Å². The quantitative estimate of drug-likeness (QED) is 0.155. The van der Waals surface area contributed by atoms with E-state index in [1.54, 1.807) is 19.2 Å². The van der Waals surface area contributed by atoms with E-state index in [0.717, 1.165) is 17.2 Å². The Labute approximate surface area is 417 Å². The van der Waals surface area contributed by atoms with Gasteiger partial charge < -0.3 is 4.57 Å². The van der Waals surface area contributed by atoms with E-state index in [1.807, 2.05) is 114 Å². The zero-order chi connectivity index (χ0) is 52.4. The number of hydrogen-bond donors (Lipinski definition) is 0. The number of halogens is 1. The standard InChI is InChI=1S/C9H12FN.3C9H13N.C8H12N2.2C7H12N2/c1-6(2)8-4-9(10)7(3)11-5-8;3*1-7(2)9-4-8(3)5-10-6-9;1-6(2)8-4-9-7(3)10-5-8;1-6(2)7-4-8-9(3)5-7;1-6(2)9-5-4-8-7(9)3/h4-6H,1-3H3;3*4-7H,1-3H3;4-6H,1-3H3;2*4-6H,1-3H3. The zero-order valence-corrected chi connectivity index (χ0v) is 46.2. The molecule has 0 amide bonds. The van der Waals surface area contributed by atoms with Gasteiger partial charge in [-0.2, -0.15) is 5.10 Å². The molecule has 7 heterocycles. The summed E-state index contributed by atoms with van der Waals surface area (Å²) in [6, 6.07) is 8.62. The molecular formula is C58H87FN10. The summed E-state index contributed by atoms with van der Waals surface area (Å²) in [5.41, 5.74) is 11.6. The number of imidazole rings is 1. The van der Waals surface area contributed by atoms with Gasteiger partial charge in [0.05, 0.1) is 11.9 Å². The second kappa shape index (κ2) is 32.0. The number of aromatic nitrogens is 10. The van der Waals surface area contributed by atoms with Crippen molar-refractivity contribution in [2.75, 3.05) is 0 Å². The molecule has 0 aliphatic carbocycles. The molecule has 11 heteroatoms. The van der Waals surface area contributed by atoms with Crippen LogP contribution in [-0.2, 0) is 7.05 Å². The summed E-state index contributed by atoms with van der Waals surface area (Å²) in [5, 5.41) is 4.05. The van der Waals surface area contributed by atoms with E-state index in [1.165, 1.54) is 44.5 Å². The Bertz CT molecular complexity index is 2330. The lowest BCUT2D eigenvalue weighted by molar-refractivity contribution is 0.582. The number of pyridine rings is 4. The first-order chi connectivity index (χ1) is 32.3. The highest BCUT2D eigenvalue weighted by Crippen LogP contribution is 2.17. The van der Waals surface area contributed by atoms with Crippen LogP contribution in [0.25, 0.3) is 0 Å². The third kappa shape index (κ3) is 25.3. The predicted octanol–water partition coefficient (Wildman–Crippen LogP) is 15.4. The fourth-order valence-corrected chi connectivity index (χ4v) is 5.89. The lowest BCUT2D eigenvalue weighted by atomic mass is 10.0. The van der Waals surface area contributed by atoms with Crippen molar-refractivity contribution in [1.29, 1.82) is 0 Å². The minimum atomic E-state index is -0.212. The summed E-state index contributed by atoms with van der Waals surface area (Å²) in [4.78, 5) is 28.5. The van der Waals surface area contributed by atoms with E-state index in [0.29, 0.717) is 47.2 Å². The van der Waals surface area contributed by atoms with Crippen LogP contribution >= 0.6 is 0 Å². The van der Waals surface area contributed by atoms with Crippen LogP contribution in [-0.4, -0.2) is 49.2 Å². The second-order valence-corrected chi connectivity index (χ2v) is 19.6. The monoisotopic (exact) mass is 943 g/mol. The summed E-state index contributed by atoms with van der Waals surface area (Å²) in [7, 11) is 1.94. The SMILES string of the molecule is CC(C)c1cnn(C)c1.Cc1cncc(C(C)C)c1.Cc1cncc(C(C)C)c1.Cc1cncc(C(C)C)c1.Cc1ncc(C(C)C)cc1F.Cc1ncc(C(C)C)cn1.Cc1nccn1C(C)C. The highest BCUT2D eigenvalue weighted by molar-refractivity contribution is 5.21. The van der Waals surface area contributed by atoms with Gasteiger partial charge in [-0.25, -0.2) is 19.3 Å². The summed E-state index contributed by atoms with van der Waals surface area (Å²) in [6.45, 7) is 41.8. The summed E-state index contributed by atoms with van der Waals surface area (Å²) >= 11 is 0. The lowest BCUT2D eigenvalue weighted by Crippen LogP contribution is -2.00. The molecule has 0 saturated heterocycles. The summed E-state index contributed by atoms with van der Waals surface area (Å²) < 4.78 is 16.8. The van der Waals surface area contributed by atoms with Crippen LogP contribution in [0.4, 0.5) is 4.39 Å². The van der Waals surface area contributed by atoms with E-state index < -0.39 is 0 Å². The Hall–Kier alpha value is -5.97. The molecule has 0 bridgehead atoms. The molecule has 0 N–H and O–H groups in total. The third-order valence-corrected chi connectivity index (χ3v) is 10.7. The highest BCUT2D eigenvalue weighted by Gasteiger charge is 2.04. The topological polar surface area (TPSA) is 113 Å². The van der Waals surface area contributed by atoms with E-state index in [-0.39, 0.29) is 5.82 Å². The molecule has 10 nitrogen and oxygen atoms in total. The molecule has 0 aromatic carbocycles. The van der Waals surface area contributed by atoms with Gasteiger partial charge in [0.2, 0.25) is 0 Å². The molecule has 0 spiro atoms. The van der Waals surface area contributed by atoms with Gasteiger partial charge in [0.15, 0.2) is 0 Å². The predicted molar refractivity (Wildman–Crippen MR) is 288 cm³/mol. The van der Waals surface area contributed by atoms with Crippen LogP contribution in [0.3, 0.4) is 0 Å². The van der Waals surface area contributed by atoms with Crippen LogP contribution < -0.4 is 0 Å². The highest BCUT2D eigenvalue weighted by atomic mass is 19.1. The third-order valence-electron chi connectivity index (χ3n) is 10.7. The van der Waals surface area contributed by atoms with Gasteiger partial charge in [0.1, 0.15) is 17.5 Å². The number of nitrogens with zero attached hydrogens (tertiary/aromatic N) is 10. The van der Waals surface area contributed by atoms with E-state index >= 15 is 0 Å². The first kappa shape index (κ1) is 61.0. The van der Waals surface area contributed by atoms with Crippen molar-refractivity contribution in [3.8, 4) is 0 Å². The Morgan fingerprint density at radius 3 is 1.04 bits per heavy atom. The minimum absolute atomic E-state index is 0.212. The molecule has 0 atom stereocenters. The molecule has 376 valence electrons. The van der Waals surface area contributed by atoms with Crippen molar-refractivity contribution in [3.05, 3.63) is 178 Å². The molecule has 0 aliphatic heterocycles. The van der Waals surface area contributed by atoms with Gasteiger partial charge in [0, 0.05) is 87.5 Å². The Kier molecular flexibility index (Phi) is 28.3. The van der Waals surface area contributed by atoms with Crippen LogP contribution in [0.5, 0.6) is 0 Å². The molecule has 7 aromatic heterocycles. The smallest absolute Gasteiger partial charge is 0.144 e.